The van der Waals surface area contributed by atoms with Crippen molar-refractivity contribution in [2.75, 3.05) is 13.1 Å². The van der Waals surface area contributed by atoms with Gasteiger partial charge in [-0.15, -0.1) is 0 Å². The number of rotatable bonds is 6. The van der Waals surface area contributed by atoms with Crippen LogP contribution in [-0.4, -0.2) is 29.9 Å². The molecular formula is C15H21Cl2FN2O. The Morgan fingerprint density at radius 1 is 1.29 bits per heavy atom. The van der Waals surface area contributed by atoms with E-state index in [9.17, 15) is 9.18 Å². The minimum Gasteiger partial charge on any atom is -0.342 e. The van der Waals surface area contributed by atoms with Gasteiger partial charge >= 0.3 is 0 Å². The zero-order valence-corrected chi connectivity index (χ0v) is 14.2. The van der Waals surface area contributed by atoms with Crippen molar-refractivity contribution in [2.24, 2.45) is 0 Å². The molecule has 0 heterocycles. The quantitative estimate of drug-likeness (QED) is 0.796. The number of nitrogens with one attached hydrogen (secondary N) is 1. The van der Waals surface area contributed by atoms with Crippen molar-refractivity contribution in [3.63, 3.8) is 0 Å². The molecule has 1 N–H and O–H groups in total. The fourth-order valence-electron chi connectivity index (χ4n) is 2.28. The summed E-state index contributed by atoms with van der Waals surface area (Å²) in [7, 11) is 0. The molecule has 0 aliphatic carbocycles. The summed E-state index contributed by atoms with van der Waals surface area (Å²) >= 11 is 12.1. The van der Waals surface area contributed by atoms with Crippen molar-refractivity contribution in [2.45, 2.75) is 39.8 Å². The molecule has 1 amide bonds. The maximum absolute atomic E-state index is 13.6. The van der Waals surface area contributed by atoms with Gasteiger partial charge in [0.15, 0.2) is 0 Å². The molecule has 0 saturated carbocycles. The van der Waals surface area contributed by atoms with Crippen LogP contribution in [0.3, 0.4) is 0 Å². The Morgan fingerprint density at radius 2 is 1.86 bits per heavy atom. The van der Waals surface area contributed by atoms with Crippen LogP contribution in [0.1, 0.15) is 39.3 Å². The third kappa shape index (κ3) is 4.31. The fraction of sp³-hybridized carbons (Fsp3) is 0.533. The average molecular weight is 335 g/mol. The fourth-order valence-corrected chi connectivity index (χ4v) is 2.98. The Balaban J connectivity index is 2.89. The van der Waals surface area contributed by atoms with Crippen molar-refractivity contribution >= 4 is 29.1 Å². The number of nitrogens with zero attached hydrogens (tertiary/aromatic N) is 1. The highest BCUT2D eigenvalue weighted by Crippen LogP contribution is 2.32. The Hall–Kier alpha value is -0.840. The summed E-state index contributed by atoms with van der Waals surface area (Å²) in [5.41, 5.74) is 0.470. The summed E-state index contributed by atoms with van der Waals surface area (Å²) in [6.45, 7) is 8.74. The van der Waals surface area contributed by atoms with Crippen molar-refractivity contribution in [3.05, 3.63) is 33.6 Å². The highest BCUT2D eigenvalue weighted by atomic mass is 35.5. The van der Waals surface area contributed by atoms with Crippen LogP contribution in [0.2, 0.25) is 10.0 Å². The molecule has 0 aliphatic heterocycles. The zero-order valence-electron chi connectivity index (χ0n) is 12.7. The zero-order chi connectivity index (χ0) is 16.2. The van der Waals surface area contributed by atoms with E-state index in [-0.39, 0.29) is 17.0 Å². The molecule has 0 aromatic heterocycles. The minimum absolute atomic E-state index is 0.00417. The second-order valence-electron chi connectivity index (χ2n) is 4.88. The van der Waals surface area contributed by atoms with Crippen molar-refractivity contribution in [3.8, 4) is 0 Å². The van der Waals surface area contributed by atoms with Gasteiger partial charge in [-0.25, -0.2) is 4.39 Å². The van der Waals surface area contributed by atoms with Gasteiger partial charge in [-0.2, -0.15) is 0 Å². The maximum atomic E-state index is 13.6. The van der Waals surface area contributed by atoms with Crippen LogP contribution in [0.15, 0.2) is 12.1 Å². The molecule has 3 nitrogen and oxygen atoms in total. The predicted octanol–water partition coefficient (Wildman–Crippen LogP) is 4.04. The molecule has 118 valence electrons. The van der Waals surface area contributed by atoms with Crippen molar-refractivity contribution in [1.82, 2.24) is 10.2 Å². The molecule has 21 heavy (non-hydrogen) atoms. The van der Waals surface area contributed by atoms with Crippen LogP contribution < -0.4 is 5.32 Å². The number of carbonyl (C=O) groups is 1. The number of hydrogen-bond acceptors (Lipinski definition) is 2. The van der Waals surface area contributed by atoms with E-state index in [1.54, 1.807) is 18.7 Å². The molecule has 0 bridgehead atoms. The average Bonchev–Trinajstić information content (AvgIpc) is 2.44. The van der Waals surface area contributed by atoms with E-state index in [1.165, 1.54) is 12.1 Å². The van der Waals surface area contributed by atoms with Crippen LogP contribution in [0.4, 0.5) is 4.39 Å². The molecule has 0 spiro atoms. The lowest BCUT2D eigenvalue weighted by Gasteiger charge is -2.26. The Morgan fingerprint density at radius 3 is 2.38 bits per heavy atom. The van der Waals surface area contributed by atoms with Gasteiger partial charge in [0.2, 0.25) is 5.91 Å². The van der Waals surface area contributed by atoms with Gasteiger partial charge in [0.1, 0.15) is 5.82 Å². The molecule has 0 radical (unpaired) electrons. The van der Waals surface area contributed by atoms with E-state index in [0.717, 1.165) is 0 Å². The second-order valence-corrected chi connectivity index (χ2v) is 5.66. The van der Waals surface area contributed by atoms with E-state index in [4.69, 9.17) is 23.2 Å². The van der Waals surface area contributed by atoms with Crippen molar-refractivity contribution in [1.29, 1.82) is 0 Å². The van der Waals surface area contributed by atoms with Crippen LogP contribution >= 0.6 is 23.2 Å². The number of amides is 1. The number of benzene rings is 1. The van der Waals surface area contributed by atoms with Crippen LogP contribution in [0.5, 0.6) is 0 Å². The monoisotopic (exact) mass is 334 g/mol. The van der Waals surface area contributed by atoms with Gasteiger partial charge in [-0.3, -0.25) is 10.1 Å². The van der Waals surface area contributed by atoms with Gasteiger partial charge in [0, 0.05) is 29.7 Å². The standard InChI is InChI=1S/C15H21Cl2FN2O/c1-5-20(6-2)15(21)10(4)19-9(3)13-11(16)7-8-12(18)14(13)17/h7-10,19H,5-6H2,1-4H3. The first-order valence-electron chi connectivity index (χ1n) is 7.01. The first-order valence-corrected chi connectivity index (χ1v) is 7.77. The summed E-state index contributed by atoms with van der Waals surface area (Å²) in [6, 6.07) is 1.95. The van der Waals surface area contributed by atoms with E-state index >= 15 is 0 Å². The van der Waals surface area contributed by atoms with Gasteiger partial charge in [0.05, 0.1) is 11.1 Å². The maximum Gasteiger partial charge on any atom is 0.239 e. The van der Waals surface area contributed by atoms with E-state index in [2.05, 4.69) is 5.32 Å². The third-order valence-electron chi connectivity index (χ3n) is 3.46. The lowest BCUT2D eigenvalue weighted by molar-refractivity contribution is -0.132. The minimum atomic E-state index is -0.521. The van der Waals surface area contributed by atoms with Gasteiger partial charge < -0.3 is 4.90 Å². The van der Waals surface area contributed by atoms with Crippen molar-refractivity contribution < 1.29 is 9.18 Å². The lowest BCUT2D eigenvalue weighted by atomic mass is 10.1. The van der Waals surface area contributed by atoms with Crippen LogP contribution in [0, 0.1) is 5.82 Å². The highest BCUT2D eigenvalue weighted by Gasteiger charge is 2.23. The van der Waals surface area contributed by atoms with E-state index in [1.807, 2.05) is 13.8 Å². The molecule has 1 aromatic rings. The molecule has 6 heteroatoms. The van der Waals surface area contributed by atoms with Gasteiger partial charge in [-0.05, 0) is 39.8 Å². The first kappa shape index (κ1) is 18.2. The Kier molecular flexibility index (Phi) is 6.91. The molecule has 0 saturated heterocycles. The molecule has 2 unspecified atom stereocenters. The number of halogens is 3. The lowest BCUT2D eigenvalue weighted by Crippen LogP contribution is -2.45. The van der Waals surface area contributed by atoms with E-state index in [0.29, 0.717) is 23.7 Å². The number of hydrogen-bond donors (Lipinski definition) is 1. The number of carbonyl (C=O) groups excluding carboxylic acids is 1. The molecule has 0 fully saturated rings. The highest BCUT2D eigenvalue weighted by molar-refractivity contribution is 6.36. The summed E-state index contributed by atoms with van der Waals surface area (Å²) in [5.74, 6) is -0.525. The van der Waals surface area contributed by atoms with Crippen LogP contribution in [0.25, 0.3) is 0 Å². The molecule has 1 aromatic carbocycles. The smallest absolute Gasteiger partial charge is 0.239 e. The summed E-state index contributed by atoms with van der Waals surface area (Å²) in [6.07, 6.45) is 0. The summed E-state index contributed by atoms with van der Waals surface area (Å²) in [4.78, 5) is 14.0. The van der Waals surface area contributed by atoms with Crippen LogP contribution in [-0.2, 0) is 4.79 Å². The SMILES string of the molecule is CCN(CC)C(=O)C(C)NC(C)c1c(Cl)ccc(F)c1Cl. The Bertz CT molecular complexity index is 507. The van der Waals surface area contributed by atoms with Gasteiger partial charge in [0.25, 0.3) is 0 Å². The molecule has 2 atom stereocenters. The second kappa shape index (κ2) is 7.97. The summed E-state index contributed by atoms with van der Waals surface area (Å²) < 4.78 is 13.6. The normalized spacial score (nSPS) is 13.9. The Labute approximate surface area is 135 Å². The largest absolute Gasteiger partial charge is 0.342 e. The molecule has 1 rings (SSSR count). The molecule has 0 aliphatic rings. The molecular weight excluding hydrogens is 314 g/mol. The topological polar surface area (TPSA) is 32.3 Å². The van der Waals surface area contributed by atoms with Gasteiger partial charge in [-0.1, -0.05) is 23.2 Å². The third-order valence-corrected chi connectivity index (χ3v) is 4.17. The number of likely N-dealkylation sites (N-methyl/N-ethyl adjacent to an activating group) is 1. The summed E-state index contributed by atoms with van der Waals surface area (Å²) in [5, 5.41) is 3.50. The van der Waals surface area contributed by atoms with E-state index < -0.39 is 11.9 Å². The first-order chi connectivity index (χ1) is 9.83. The predicted molar refractivity (Wildman–Crippen MR) is 85.4 cm³/mol.